The highest BCUT2D eigenvalue weighted by molar-refractivity contribution is 7.91. The molecule has 0 N–H and O–H groups in total. The molecule has 116 valence electrons. The molecule has 1 fully saturated rings. The van der Waals surface area contributed by atoms with E-state index in [1.807, 2.05) is 31.2 Å². The van der Waals surface area contributed by atoms with Gasteiger partial charge in [-0.2, -0.15) is 0 Å². The highest BCUT2D eigenvalue weighted by Gasteiger charge is 2.36. The van der Waals surface area contributed by atoms with Crippen LogP contribution in [-0.4, -0.2) is 38.7 Å². The molecule has 21 heavy (non-hydrogen) atoms. The Labute approximate surface area is 125 Å². The van der Waals surface area contributed by atoms with Gasteiger partial charge in [-0.1, -0.05) is 19.1 Å². The second-order valence-electron chi connectivity index (χ2n) is 5.15. The number of benzene rings is 1. The monoisotopic (exact) mass is 311 g/mol. The van der Waals surface area contributed by atoms with Crippen molar-refractivity contribution in [1.82, 2.24) is 0 Å². The van der Waals surface area contributed by atoms with Gasteiger partial charge in [0.2, 0.25) is 0 Å². The maximum atomic E-state index is 12.3. The Morgan fingerprint density at radius 3 is 2.71 bits per heavy atom. The fourth-order valence-corrected chi connectivity index (χ4v) is 4.26. The molecule has 1 aliphatic rings. The van der Waals surface area contributed by atoms with Crippen LogP contribution < -0.4 is 4.90 Å². The lowest BCUT2D eigenvalue weighted by Gasteiger charge is -2.27. The van der Waals surface area contributed by atoms with Crippen molar-refractivity contribution in [3.05, 3.63) is 29.8 Å². The van der Waals surface area contributed by atoms with E-state index < -0.39 is 15.9 Å². The van der Waals surface area contributed by atoms with Crippen LogP contribution in [0.15, 0.2) is 24.3 Å². The van der Waals surface area contributed by atoms with E-state index in [9.17, 15) is 13.2 Å². The third-order valence-corrected chi connectivity index (χ3v) is 5.39. The lowest BCUT2D eigenvalue weighted by molar-refractivity contribution is 0.157. The van der Waals surface area contributed by atoms with Crippen molar-refractivity contribution in [2.45, 2.75) is 32.7 Å². The maximum absolute atomic E-state index is 12.3. The quantitative estimate of drug-likeness (QED) is 0.856. The topological polar surface area (TPSA) is 63.7 Å². The van der Waals surface area contributed by atoms with Gasteiger partial charge >= 0.3 is 6.09 Å². The highest BCUT2D eigenvalue weighted by atomic mass is 32.2. The van der Waals surface area contributed by atoms with Crippen LogP contribution in [0.25, 0.3) is 0 Å². The van der Waals surface area contributed by atoms with Crippen LogP contribution in [0, 0.1) is 0 Å². The molecular formula is C15H21NO4S. The molecule has 0 radical (unpaired) electrons. The van der Waals surface area contributed by atoms with Gasteiger partial charge in [0.05, 0.1) is 24.2 Å². The van der Waals surface area contributed by atoms with E-state index in [1.165, 1.54) is 4.90 Å². The Kier molecular flexibility index (Phi) is 4.88. The SMILES string of the molecule is CCOC(=O)N(c1cccc(CC)c1)C1CCS(=O)(=O)C1. The zero-order valence-electron chi connectivity index (χ0n) is 12.4. The first-order valence-corrected chi connectivity index (χ1v) is 9.04. The minimum absolute atomic E-state index is 0.00215. The Hall–Kier alpha value is -1.56. The van der Waals surface area contributed by atoms with Gasteiger partial charge in [0.1, 0.15) is 0 Å². The van der Waals surface area contributed by atoms with Gasteiger partial charge in [-0.25, -0.2) is 13.2 Å². The van der Waals surface area contributed by atoms with Gasteiger partial charge in [0, 0.05) is 5.69 Å². The lowest BCUT2D eigenvalue weighted by Crippen LogP contribution is -2.41. The molecule has 6 heteroatoms. The molecule has 1 amide bonds. The number of anilines is 1. The third kappa shape index (κ3) is 3.75. The number of aryl methyl sites for hydroxylation is 1. The van der Waals surface area contributed by atoms with Gasteiger partial charge in [-0.3, -0.25) is 4.90 Å². The minimum Gasteiger partial charge on any atom is -0.449 e. The number of sulfone groups is 1. The predicted molar refractivity (Wildman–Crippen MR) is 82.4 cm³/mol. The first-order chi connectivity index (χ1) is 9.96. The molecule has 2 rings (SSSR count). The number of amides is 1. The van der Waals surface area contributed by atoms with E-state index in [-0.39, 0.29) is 24.2 Å². The molecule has 0 saturated carbocycles. The van der Waals surface area contributed by atoms with Crippen molar-refractivity contribution >= 4 is 21.6 Å². The molecule has 1 aliphatic heterocycles. The molecule has 0 aromatic heterocycles. The minimum atomic E-state index is -3.06. The highest BCUT2D eigenvalue weighted by Crippen LogP contribution is 2.26. The Bertz CT molecular complexity index is 612. The van der Waals surface area contributed by atoms with Crippen molar-refractivity contribution in [1.29, 1.82) is 0 Å². The number of nitrogens with zero attached hydrogens (tertiary/aromatic N) is 1. The molecule has 1 aromatic carbocycles. The summed E-state index contributed by atoms with van der Waals surface area (Å²) in [5.74, 6) is 0.128. The van der Waals surface area contributed by atoms with E-state index in [1.54, 1.807) is 6.92 Å². The summed E-state index contributed by atoms with van der Waals surface area (Å²) in [6.07, 6.45) is 0.832. The first-order valence-electron chi connectivity index (χ1n) is 7.22. The number of hydrogen-bond acceptors (Lipinski definition) is 4. The van der Waals surface area contributed by atoms with Crippen LogP contribution >= 0.6 is 0 Å². The molecule has 1 saturated heterocycles. The van der Waals surface area contributed by atoms with E-state index in [0.717, 1.165) is 12.0 Å². The maximum Gasteiger partial charge on any atom is 0.414 e. The van der Waals surface area contributed by atoms with Crippen LogP contribution in [-0.2, 0) is 21.0 Å². The van der Waals surface area contributed by atoms with Gasteiger partial charge < -0.3 is 4.74 Å². The fraction of sp³-hybridized carbons (Fsp3) is 0.533. The summed E-state index contributed by atoms with van der Waals surface area (Å²) in [5, 5.41) is 0. The largest absolute Gasteiger partial charge is 0.449 e. The van der Waals surface area contributed by atoms with Crippen molar-refractivity contribution in [2.75, 3.05) is 23.0 Å². The predicted octanol–water partition coefficient (Wildman–Crippen LogP) is 2.40. The normalized spacial score (nSPS) is 20.2. The molecule has 0 bridgehead atoms. The van der Waals surface area contributed by atoms with Crippen LogP contribution in [0.2, 0.25) is 0 Å². The summed E-state index contributed by atoms with van der Waals surface area (Å²) in [7, 11) is -3.06. The molecular weight excluding hydrogens is 290 g/mol. The average Bonchev–Trinajstić information content (AvgIpc) is 2.79. The van der Waals surface area contributed by atoms with E-state index >= 15 is 0 Å². The Morgan fingerprint density at radius 2 is 2.14 bits per heavy atom. The van der Waals surface area contributed by atoms with Crippen molar-refractivity contribution in [2.24, 2.45) is 0 Å². The zero-order chi connectivity index (χ0) is 15.5. The zero-order valence-corrected chi connectivity index (χ0v) is 13.2. The van der Waals surface area contributed by atoms with Crippen LogP contribution in [0.5, 0.6) is 0 Å². The van der Waals surface area contributed by atoms with Crippen molar-refractivity contribution < 1.29 is 17.9 Å². The smallest absolute Gasteiger partial charge is 0.414 e. The first kappa shape index (κ1) is 15.8. The van der Waals surface area contributed by atoms with Gasteiger partial charge in [-0.05, 0) is 37.5 Å². The molecule has 1 heterocycles. The standard InChI is InChI=1S/C15H21NO4S/c1-3-12-6-5-7-13(10-12)16(15(17)20-4-2)14-8-9-21(18,19)11-14/h5-7,10,14H,3-4,8-9,11H2,1-2H3. The number of hydrogen-bond donors (Lipinski definition) is 0. The molecule has 1 unspecified atom stereocenters. The number of ether oxygens (including phenoxy) is 1. The number of carbonyl (C=O) groups is 1. The number of carbonyl (C=O) groups excluding carboxylic acids is 1. The Morgan fingerprint density at radius 1 is 1.38 bits per heavy atom. The van der Waals surface area contributed by atoms with Crippen LogP contribution in [0.1, 0.15) is 25.8 Å². The van der Waals surface area contributed by atoms with Crippen LogP contribution in [0.4, 0.5) is 10.5 Å². The fourth-order valence-electron chi connectivity index (χ4n) is 2.56. The van der Waals surface area contributed by atoms with Crippen molar-refractivity contribution in [3.63, 3.8) is 0 Å². The van der Waals surface area contributed by atoms with Gasteiger partial charge in [0.15, 0.2) is 9.84 Å². The Balaban J connectivity index is 2.34. The molecule has 1 atom stereocenters. The summed E-state index contributed by atoms with van der Waals surface area (Å²) in [6, 6.07) is 7.26. The van der Waals surface area contributed by atoms with Gasteiger partial charge in [0.25, 0.3) is 0 Å². The van der Waals surface area contributed by atoms with E-state index in [0.29, 0.717) is 12.1 Å². The lowest BCUT2D eigenvalue weighted by atomic mass is 10.1. The summed E-state index contributed by atoms with van der Waals surface area (Å²) in [6.45, 7) is 4.04. The van der Waals surface area contributed by atoms with E-state index in [2.05, 4.69) is 0 Å². The molecule has 5 nitrogen and oxygen atoms in total. The second-order valence-corrected chi connectivity index (χ2v) is 7.38. The molecule has 0 spiro atoms. The third-order valence-electron chi connectivity index (χ3n) is 3.64. The molecule has 0 aliphatic carbocycles. The second kappa shape index (κ2) is 6.47. The van der Waals surface area contributed by atoms with Gasteiger partial charge in [-0.15, -0.1) is 0 Å². The van der Waals surface area contributed by atoms with Crippen molar-refractivity contribution in [3.8, 4) is 0 Å². The summed E-state index contributed by atoms with van der Waals surface area (Å²) >= 11 is 0. The van der Waals surface area contributed by atoms with Crippen LogP contribution in [0.3, 0.4) is 0 Å². The van der Waals surface area contributed by atoms with E-state index in [4.69, 9.17) is 4.74 Å². The average molecular weight is 311 g/mol. The summed E-state index contributed by atoms with van der Waals surface area (Å²) in [4.78, 5) is 13.7. The number of rotatable bonds is 4. The summed E-state index contributed by atoms with van der Waals surface area (Å²) < 4.78 is 28.5. The molecule has 1 aromatic rings. The summed E-state index contributed by atoms with van der Waals surface area (Å²) in [5.41, 5.74) is 1.80.